The number of rotatable bonds is 5. The van der Waals surface area contributed by atoms with Gasteiger partial charge in [-0.2, -0.15) is 0 Å². The molecule has 0 aromatic heterocycles. The minimum atomic E-state index is -0.690. The molecule has 1 unspecified atom stereocenters. The van der Waals surface area contributed by atoms with Gasteiger partial charge in [-0.15, -0.1) is 0 Å². The standard InChI is InChI=1S/C12H21N3O/c1-3-6-12(2,16)8-15-9-4-5-10(13)11(14)7-9/h4-5,7,15-16H,3,6,8,13-14H2,1-2H3. The fourth-order valence-electron chi connectivity index (χ4n) is 1.60. The first-order valence-electron chi connectivity index (χ1n) is 5.56. The molecular weight excluding hydrogens is 202 g/mol. The normalized spacial score (nSPS) is 14.4. The van der Waals surface area contributed by atoms with Crippen molar-refractivity contribution in [1.82, 2.24) is 0 Å². The van der Waals surface area contributed by atoms with Crippen molar-refractivity contribution in [3.05, 3.63) is 18.2 Å². The lowest BCUT2D eigenvalue weighted by molar-refractivity contribution is 0.0637. The molecule has 4 nitrogen and oxygen atoms in total. The maximum absolute atomic E-state index is 9.98. The van der Waals surface area contributed by atoms with E-state index < -0.39 is 5.60 Å². The van der Waals surface area contributed by atoms with Crippen LogP contribution in [0, 0.1) is 0 Å². The number of nitrogens with two attached hydrogens (primary N) is 2. The second-order valence-corrected chi connectivity index (χ2v) is 4.44. The van der Waals surface area contributed by atoms with Crippen molar-refractivity contribution in [2.45, 2.75) is 32.3 Å². The molecule has 0 spiro atoms. The lowest BCUT2D eigenvalue weighted by Crippen LogP contribution is -2.33. The molecule has 0 aliphatic carbocycles. The van der Waals surface area contributed by atoms with E-state index in [9.17, 15) is 5.11 Å². The molecule has 0 saturated carbocycles. The molecule has 0 bridgehead atoms. The fraction of sp³-hybridized carbons (Fsp3) is 0.500. The van der Waals surface area contributed by atoms with Gasteiger partial charge in [0.2, 0.25) is 0 Å². The smallest absolute Gasteiger partial charge is 0.0791 e. The molecular formula is C12H21N3O. The fourth-order valence-corrected chi connectivity index (χ4v) is 1.60. The second kappa shape index (κ2) is 5.07. The van der Waals surface area contributed by atoms with E-state index in [4.69, 9.17) is 11.5 Å². The van der Waals surface area contributed by atoms with Crippen molar-refractivity contribution < 1.29 is 5.11 Å². The van der Waals surface area contributed by atoms with E-state index in [1.54, 1.807) is 12.1 Å². The van der Waals surface area contributed by atoms with E-state index in [0.29, 0.717) is 17.9 Å². The van der Waals surface area contributed by atoms with E-state index in [1.165, 1.54) is 0 Å². The Labute approximate surface area is 96.6 Å². The van der Waals surface area contributed by atoms with Gasteiger partial charge in [-0.1, -0.05) is 13.3 Å². The number of benzene rings is 1. The number of nitrogens with one attached hydrogen (secondary N) is 1. The molecule has 0 aliphatic heterocycles. The van der Waals surface area contributed by atoms with Gasteiger partial charge in [-0.3, -0.25) is 0 Å². The number of aliphatic hydroxyl groups is 1. The largest absolute Gasteiger partial charge is 0.397 e. The van der Waals surface area contributed by atoms with Crippen molar-refractivity contribution in [2.75, 3.05) is 23.3 Å². The molecule has 4 heteroatoms. The highest BCUT2D eigenvalue weighted by molar-refractivity contribution is 5.69. The van der Waals surface area contributed by atoms with Gasteiger partial charge in [-0.05, 0) is 31.5 Å². The first kappa shape index (κ1) is 12.6. The molecule has 0 saturated heterocycles. The van der Waals surface area contributed by atoms with Gasteiger partial charge in [0.1, 0.15) is 0 Å². The van der Waals surface area contributed by atoms with E-state index in [2.05, 4.69) is 12.2 Å². The third-order valence-corrected chi connectivity index (χ3v) is 2.55. The molecule has 90 valence electrons. The molecule has 16 heavy (non-hydrogen) atoms. The Morgan fingerprint density at radius 3 is 2.56 bits per heavy atom. The van der Waals surface area contributed by atoms with Crippen LogP contribution in [0.5, 0.6) is 0 Å². The summed E-state index contributed by atoms with van der Waals surface area (Å²) in [6.45, 7) is 4.38. The molecule has 0 aliphatic rings. The van der Waals surface area contributed by atoms with E-state index in [1.807, 2.05) is 13.0 Å². The SMILES string of the molecule is CCCC(C)(O)CNc1ccc(N)c(N)c1. The van der Waals surface area contributed by atoms with Gasteiger partial charge >= 0.3 is 0 Å². The number of anilines is 3. The third-order valence-electron chi connectivity index (χ3n) is 2.55. The predicted molar refractivity (Wildman–Crippen MR) is 69.3 cm³/mol. The molecule has 1 atom stereocenters. The average Bonchev–Trinajstić information content (AvgIpc) is 2.20. The Bertz CT molecular complexity index is 350. The van der Waals surface area contributed by atoms with Crippen LogP contribution in [-0.2, 0) is 0 Å². The lowest BCUT2D eigenvalue weighted by Gasteiger charge is -2.23. The molecule has 1 rings (SSSR count). The lowest BCUT2D eigenvalue weighted by atomic mass is 10.0. The maximum Gasteiger partial charge on any atom is 0.0791 e. The number of nitrogen functional groups attached to an aromatic ring is 2. The maximum atomic E-state index is 9.98. The molecule has 1 aromatic carbocycles. The Kier molecular flexibility index (Phi) is 4.01. The Hall–Kier alpha value is -1.42. The minimum absolute atomic E-state index is 0.504. The Balaban J connectivity index is 2.57. The highest BCUT2D eigenvalue weighted by atomic mass is 16.3. The molecule has 0 radical (unpaired) electrons. The molecule has 1 aromatic rings. The topological polar surface area (TPSA) is 84.3 Å². The van der Waals surface area contributed by atoms with Gasteiger partial charge < -0.3 is 21.9 Å². The van der Waals surface area contributed by atoms with Crippen LogP contribution in [0.2, 0.25) is 0 Å². The monoisotopic (exact) mass is 223 g/mol. The van der Waals surface area contributed by atoms with Crippen molar-refractivity contribution in [1.29, 1.82) is 0 Å². The zero-order valence-corrected chi connectivity index (χ0v) is 9.96. The Morgan fingerprint density at radius 2 is 2.00 bits per heavy atom. The van der Waals surface area contributed by atoms with Crippen molar-refractivity contribution in [2.24, 2.45) is 0 Å². The summed E-state index contributed by atoms with van der Waals surface area (Å²) in [6, 6.07) is 5.39. The summed E-state index contributed by atoms with van der Waals surface area (Å²) in [7, 11) is 0. The minimum Gasteiger partial charge on any atom is -0.397 e. The first-order valence-corrected chi connectivity index (χ1v) is 5.56. The molecule has 0 fully saturated rings. The highest BCUT2D eigenvalue weighted by Crippen LogP contribution is 2.20. The summed E-state index contributed by atoms with van der Waals surface area (Å²) in [5, 5.41) is 13.1. The zero-order valence-electron chi connectivity index (χ0n) is 9.96. The van der Waals surface area contributed by atoms with Crippen molar-refractivity contribution in [3.63, 3.8) is 0 Å². The van der Waals surface area contributed by atoms with Crippen LogP contribution in [0.15, 0.2) is 18.2 Å². The average molecular weight is 223 g/mol. The van der Waals surface area contributed by atoms with Gasteiger partial charge in [0.25, 0.3) is 0 Å². The van der Waals surface area contributed by atoms with Crippen LogP contribution < -0.4 is 16.8 Å². The summed E-state index contributed by atoms with van der Waals surface area (Å²) in [5.74, 6) is 0. The number of hydrogen-bond donors (Lipinski definition) is 4. The summed E-state index contributed by atoms with van der Waals surface area (Å²) in [6.07, 6.45) is 1.73. The van der Waals surface area contributed by atoms with Crippen LogP contribution in [0.25, 0.3) is 0 Å². The van der Waals surface area contributed by atoms with E-state index >= 15 is 0 Å². The van der Waals surface area contributed by atoms with Crippen LogP contribution in [0.1, 0.15) is 26.7 Å². The van der Waals surface area contributed by atoms with Crippen LogP contribution in [0.4, 0.5) is 17.1 Å². The van der Waals surface area contributed by atoms with Gasteiger partial charge in [0.05, 0.1) is 17.0 Å². The Morgan fingerprint density at radius 1 is 1.31 bits per heavy atom. The van der Waals surface area contributed by atoms with E-state index in [-0.39, 0.29) is 0 Å². The zero-order chi connectivity index (χ0) is 12.2. The summed E-state index contributed by atoms with van der Waals surface area (Å²) < 4.78 is 0. The molecule has 0 amide bonds. The molecule has 6 N–H and O–H groups in total. The second-order valence-electron chi connectivity index (χ2n) is 4.44. The number of hydrogen-bond acceptors (Lipinski definition) is 4. The van der Waals surface area contributed by atoms with Crippen molar-refractivity contribution >= 4 is 17.1 Å². The van der Waals surface area contributed by atoms with Gasteiger partial charge in [0, 0.05) is 12.2 Å². The third kappa shape index (κ3) is 3.62. The molecule has 0 heterocycles. The van der Waals surface area contributed by atoms with E-state index in [0.717, 1.165) is 18.5 Å². The van der Waals surface area contributed by atoms with Crippen LogP contribution in [0.3, 0.4) is 0 Å². The first-order chi connectivity index (χ1) is 7.44. The van der Waals surface area contributed by atoms with Gasteiger partial charge in [-0.25, -0.2) is 0 Å². The van der Waals surface area contributed by atoms with Crippen LogP contribution >= 0.6 is 0 Å². The predicted octanol–water partition coefficient (Wildman–Crippen LogP) is 1.81. The quantitative estimate of drug-likeness (QED) is 0.574. The van der Waals surface area contributed by atoms with Gasteiger partial charge in [0.15, 0.2) is 0 Å². The van der Waals surface area contributed by atoms with Crippen molar-refractivity contribution in [3.8, 4) is 0 Å². The summed E-state index contributed by atoms with van der Waals surface area (Å²) in [5.41, 5.74) is 12.6. The summed E-state index contributed by atoms with van der Waals surface area (Å²) >= 11 is 0. The highest BCUT2D eigenvalue weighted by Gasteiger charge is 2.18. The van der Waals surface area contributed by atoms with Crippen LogP contribution in [-0.4, -0.2) is 17.3 Å². The summed E-state index contributed by atoms with van der Waals surface area (Å²) in [4.78, 5) is 0.